The standard InChI is InChI=1S/C10H17N3S/c1-7(11-9-5-14-6-9)10-4-13(3)12-8(10)2/h4,7,9,11H,5-6H2,1-3H3. The fourth-order valence-corrected chi connectivity index (χ4v) is 2.48. The third-order valence-corrected chi connectivity index (χ3v) is 3.92. The van der Waals surface area contributed by atoms with Crippen molar-refractivity contribution in [3.8, 4) is 0 Å². The quantitative estimate of drug-likeness (QED) is 0.821. The molecule has 0 saturated carbocycles. The number of nitrogens with one attached hydrogen (secondary N) is 1. The Balaban J connectivity index is 2.02. The zero-order chi connectivity index (χ0) is 10.1. The van der Waals surface area contributed by atoms with E-state index in [4.69, 9.17) is 0 Å². The summed E-state index contributed by atoms with van der Waals surface area (Å²) in [6.45, 7) is 4.29. The summed E-state index contributed by atoms with van der Waals surface area (Å²) >= 11 is 2.01. The Morgan fingerprint density at radius 3 is 2.79 bits per heavy atom. The molecule has 0 radical (unpaired) electrons. The predicted molar refractivity (Wildman–Crippen MR) is 60.6 cm³/mol. The third kappa shape index (κ3) is 1.96. The highest BCUT2D eigenvalue weighted by molar-refractivity contribution is 8.00. The Kier molecular flexibility index (Phi) is 2.83. The van der Waals surface area contributed by atoms with Crippen molar-refractivity contribution < 1.29 is 0 Å². The molecule has 0 aromatic carbocycles. The molecule has 1 saturated heterocycles. The van der Waals surface area contributed by atoms with E-state index in [0.717, 1.165) is 5.69 Å². The zero-order valence-corrected chi connectivity index (χ0v) is 9.77. The van der Waals surface area contributed by atoms with Gasteiger partial charge < -0.3 is 5.32 Å². The number of thioether (sulfide) groups is 1. The van der Waals surface area contributed by atoms with Gasteiger partial charge in [-0.05, 0) is 13.8 Å². The number of rotatable bonds is 3. The van der Waals surface area contributed by atoms with Crippen LogP contribution >= 0.6 is 11.8 Å². The summed E-state index contributed by atoms with van der Waals surface area (Å²) in [5.41, 5.74) is 2.46. The van der Waals surface area contributed by atoms with E-state index in [2.05, 4.69) is 30.5 Å². The Morgan fingerprint density at radius 1 is 1.64 bits per heavy atom. The first-order chi connectivity index (χ1) is 6.66. The maximum absolute atomic E-state index is 4.35. The van der Waals surface area contributed by atoms with E-state index in [1.54, 1.807) is 0 Å². The number of hydrogen-bond donors (Lipinski definition) is 1. The van der Waals surface area contributed by atoms with Crippen molar-refractivity contribution in [3.05, 3.63) is 17.5 Å². The molecular weight excluding hydrogens is 194 g/mol. The molecule has 78 valence electrons. The van der Waals surface area contributed by atoms with Crippen LogP contribution in [-0.4, -0.2) is 27.3 Å². The number of nitrogens with zero attached hydrogens (tertiary/aromatic N) is 2. The molecule has 1 unspecified atom stereocenters. The molecule has 14 heavy (non-hydrogen) atoms. The second-order valence-electron chi connectivity index (χ2n) is 3.97. The van der Waals surface area contributed by atoms with Crippen molar-refractivity contribution in [2.24, 2.45) is 7.05 Å². The van der Waals surface area contributed by atoms with Crippen LogP contribution in [0.25, 0.3) is 0 Å². The highest BCUT2D eigenvalue weighted by Crippen LogP contribution is 2.22. The largest absolute Gasteiger partial charge is 0.306 e. The lowest BCUT2D eigenvalue weighted by Gasteiger charge is -2.29. The van der Waals surface area contributed by atoms with Crippen LogP contribution in [0.5, 0.6) is 0 Å². The van der Waals surface area contributed by atoms with Crippen molar-refractivity contribution in [1.82, 2.24) is 15.1 Å². The van der Waals surface area contributed by atoms with Gasteiger partial charge in [-0.1, -0.05) is 0 Å². The van der Waals surface area contributed by atoms with Crippen LogP contribution in [0.15, 0.2) is 6.20 Å². The molecule has 4 heteroatoms. The second-order valence-corrected chi connectivity index (χ2v) is 5.04. The molecule has 3 nitrogen and oxygen atoms in total. The zero-order valence-electron chi connectivity index (χ0n) is 8.95. The minimum absolute atomic E-state index is 0.426. The minimum Gasteiger partial charge on any atom is -0.306 e. The summed E-state index contributed by atoms with van der Waals surface area (Å²) < 4.78 is 1.89. The third-order valence-electron chi connectivity index (χ3n) is 2.64. The van der Waals surface area contributed by atoms with E-state index in [0.29, 0.717) is 12.1 Å². The average molecular weight is 211 g/mol. The van der Waals surface area contributed by atoms with Crippen LogP contribution in [0.3, 0.4) is 0 Å². The summed E-state index contributed by atoms with van der Waals surface area (Å²) in [5, 5.41) is 7.97. The van der Waals surface area contributed by atoms with Gasteiger partial charge in [-0.2, -0.15) is 16.9 Å². The van der Waals surface area contributed by atoms with Gasteiger partial charge in [-0.25, -0.2) is 0 Å². The van der Waals surface area contributed by atoms with Crippen molar-refractivity contribution in [3.63, 3.8) is 0 Å². The molecule has 1 aromatic rings. The maximum atomic E-state index is 4.35. The Morgan fingerprint density at radius 2 is 2.36 bits per heavy atom. The lowest BCUT2D eigenvalue weighted by Crippen LogP contribution is -2.41. The summed E-state index contributed by atoms with van der Waals surface area (Å²) in [5.74, 6) is 2.51. The fourth-order valence-electron chi connectivity index (χ4n) is 1.82. The van der Waals surface area contributed by atoms with Gasteiger partial charge in [-0.3, -0.25) is 4.68 Å². The molecular formula is C10H17N3S. The first kappa shape index (κ1) is 10.1. The molecule has 1 aliphatic rings. The maximum Gasteiger partial charge on any atom is 0.0641 e. The van der Waals surface area contributed by atoms with Gasteiger partial charge in [0.2, 0.25) is 0 Å². The number of aromatic nitrogens is 2. The molecule has 2 rings (SSSR count). The van der Waals surface area contributed by atoms with Gasteiger partial charge in [0, 0.05) is 42.4 Å². The van der Waals surface area contributed by atoms with E-state index in [9.17, 15) is 0 Å². The summed E-state index contributed by atoms with van der Waals surface area (Å²) in [7, 11) is 1.97. The average Bonchev–Trinajstić information content (AvgIpc) is 2.37. The Bertz CT molecular complexity index is 317. The monoisotopic (exact) mass is 211 g/mol. The van der Waals surface area contributed by atoms with Crippen molar-refractivity contribution in [2.75, 3.05) is 11.5 Å². The first-order valence-corrected chi connectivity index (χ1v) is 6.16. The van der Waals surface area contributed by atoms with Gasteiger partial charge in [0.25, 0.3) is 0 Å². The van der Waals surface area contributed by atoms with Gasteiger partial charge in [0.05, 0.1) is 5.69 Å². The Labute approximate surface area is 89.3 Å². The summed E-state index contributed by atoms with van der Waals surface area (Å²) in [6, 6.07) is 1.13. The molecule has 0 aliphatic carbocycles. The normalized spacial score (nSPS) is 19.4. The number of aryl methyl sites for hydroxylation is 2. The molecule has 1 aliphatic heterocycles. The van der Waals surface area contributed by atoms with E-state index >= 15 is 0 Å². The van der Waals surface area contributed by atoms with Crippen LogP contribution in [0.4, 0.5) is 0 Å². The van der Waals surface area contributed by atoms with Crippen molar-refractivity contribution in [2.45, 2.75) is 25.9 Å². The molecule has 1 aromatic heterocycles. The Hall–Kier alpha value is -0.480. The summed E-state index contributed by atoms with van der Waals surface area (Å²) in [6.07, 6.45) is 2.11. The summed E-state index contributed by atoms with van der Waals surface area (Å²) in [4.78, 5) is 0. The second kappa shape index (κ2) is 3.95. The molecule has 0 spiro atoms. The van der Waals surface area contributed by atoms with Gasteiger partial charge in [0.15, 0.2) is 0 Å². The predicted octanol–water partition coefficient (Wildman–Crippen LogP) is 1.49. The van der Waals surface area contributed by atoms with Gasteiger partial charge in [0.1, 0.15) is 0 Å². The number of hydrogen-bond acceptors (Lipinski definition) is 3. The van der Waals surface area contributed by atoms with Crippen molar-refractivity contribution in [1.29, 1.82) is 0 Å². The van der Waals surface area contributed by atoms with E-state index < -0.39 is 0 Å². The topological polar surface area (TPSA) is 29.9 Å². The molecule has 0 amide bonds. The highest BCUT2D eigenvalue weighted by atomic mass is 32.2. The lowest BCUT2D eigenvalue weighted by atomic mass is 10.1. The SMILES string of the molecule is Cc1nn(C)cc1C(C)NC1CSC1. The van der Waals surface area contributed by atoms with Crippen LogP contribution < -0.4 is 5.32 Å². The fraction of sp³-hybridized carbons (Fsp3) is 0.700. The van der Waals surface area contributed by atoms with Crippen LogP contribution in [0.2, 0.25) is 0 Å². The molecule has 1 fully saturated rings. The smallest absolute Gasteiger partial charge is 0.0641 e. The minimum atomic E-state index is 0.426. The van der Waals surface area contributed by atoms with Gasteiger partial charge >= 0.3 is 0 Å². The van der Waals surface area contributed by atoms with E-state index in [1.807, 2.05) is 23.5 Å². The van der Waals surface area contributed by atoms with Crippen molar-refractivity contribution >= 4 is 11.8 Å². The molecule has 1 atom stereocenters. The molecule has 2 heterocycles. The van der Waals surface area contributed by atoms with E-state index in [1.165, 1.54) is 17.1 Å². The first-order valence-electron chi connectivity index (χ1n) is 5.00. The van der Waals surface area contributed by atoms with Crippen LogP contribution in [-0.2, 0) is 7.05 Å². The molecule has 0 bridgehead atoms. The lowest BCUT2D eigenvalue weighted by molar-refractivity contribution is 0.501. The van der Waals surface area contributed by atoms with Gasteiger partial charge in [-0.15, -0.1) is 0 Å². The van der Waals surface area contributed by atoms with Crippen LogP contribution in [0.1, 0.15) is 24.2 Å². The van der Waals surface area contributed by atoms with E-state index in [-0.39, 0.29) is 0 Å². The highest BCUT2D eigenvalue weighted by Gasteiger charge is 2.21. The molecule has 1 N–H and O–H groups in total. The van der Waals surface area contributed by atoms with Crippen LogP contribution in [0, 0.1) is 6.92 Å².